The third kappa shape index (κ3) is 6.62. The molecule has 0 radical (unpaired) electrons. The van der Waals surface area contributed by atoms with Crippen LogP contribution in [0.25, 0.3) is 0 Å². The first-order chi connectivity index (χ1) is 9.27. The largest absolute Gasteiger partial charge is 0.493 e. The molecule has 0 saturated heterocycles. The van der Waals surface area contributed by atoms with Gasteiger partial charge in [-0.15, -0.1) is 6.58 Å². The summed E-state index contributed by atoms with van der Waals surface area (Å²) in [5.74, 6) is 0.890. The number of benzene rings is 1. The van der Waals surface area contributed by atoms with Crippen LogP contribution in [0.15, 0.2) is 30.9 Å². The lowest BCUT2D eigenvalue weighted by molar-refractivity contribution is 0.198. The zero-order chi connectivity index (χ0) is 13.9. The van der Waals surface area contributed by atoms with E-state index in [4.69, 9.17) is 21.1 Å². The van der Waals surface area contributed by atoms with Gasteiger partial charge in [0.1, 0.15) is 5.75 Å². The predicted molar refractivity (Wildman–Crippen MR) is 80.2 cm³/mol. The average Bonchev–Trinajstić information content (AvgIpc) is 2.40. The van der Waals surface area contributed by atoms with Gasteiger partial charge in [0.15, 0.2) is 0 Å². The summed E-state index contributed by atoms with van der Waals surface area (Å²) in [6, 6.07) is 5.69. The highest BCUT2D eigenvalue weighted by Gasteiger charge is 2.03. The maximum absolute atomic E-state index is 5.97. The van der Waals surface area contributed by atoms with Crippen LogP contribution in [-0.2, 0) is 11.2 Å². The lowest BCUT2D eigenvalue weighted by Gasteiger charge is -2.11. The smallest absolute Gasteiger partial charge is 0.122 e. The van der Waals surface area contributed by atoms with E-state index in [9.17, 15) is 0 Å². The Morgan fingerprint density at radius 1 is 1.32 bits per heavy atom. The highest BCUT2D eigenvalue weighted by atomic mass is 35.5. The Balaban J connectivity index is 2.30. The van der Waals surface area contributed by atoms with Gasteiger partial charge in [0.05, 0.1) is 13.2 Å². The van der Waals surface area contributed by atoms with Crippen molar-refractivity contribution in [1.82, 2.24) is 5.32 Å². The third-order valence-corrected chi connectivity index (χ3v) is 2.86. The van der Waals surface area contributed by atoms with Crippen molar-refractivity contribution in [3.05, 3.63) is 41.4 Å². The number of halogens is 1. The van der Waals surface area contributed by atoms with Crippen LogP contribution in [0.5, 0.6) is 5.75 Å². The van der Waals surface area contributed by atoms with Crippen molar-refractivity contribution in [2.45, 2.75) is 12.8 Å². The first-order valence-electron chi connectivity index (χ1n) is 6.49. The molecular weight excluding hydrogens is 262 g/mol. The topological polar surface area (TPSA) is 30.5 Å². The third-order valence-electron chi connectivity index (χ3n) is 2.63. The van der Waals surface area contributed by atoms with Crippen molar-refractivity contribution in [2.75, 3.05) is 33.4 Å². The van der Waals surface area contributed by atoms with Crippen molar-refractivity contribution in [1.29, 1.82) is 0 Å². The lowest BCUT2D eigenvalue weighted by Crippen LogP contribution is -2.21. The molecule has 106 valence electrons. The fourth-order valence-corrected chi connectivity index (χ4v) is 1.88. The zero-order valence-electron chi connectivity index (χ0n) is 11.5. The Kier molecular flexibility index (Phi) is 8.30. The van der Waals surface area contributed by atoms with Gasteiger partial charge in [-0.05, 0) is 43.1 Å². The summed E-state index contributed by atoms with van der Waals surface area (Å²) in [4.78, 5) is 0. The molecular formula is C15H22ClNO2. The van der Waals surface area contributed by atoms with Gasteiger partial charge in [0, 0.05) is 18.7 Å². The SMILES string of the molecule is C=CCc1cc(Cl)ccc1OCCCNCCOC. The summed E-state index contributed by atoms with van der Waals surface area (Å²) in [6.07, 6.45) is 3.58. The molecule has 1 aromatic rings. The number of hydrogen-bond donors (Lipinski definition) is 1. The molecule has 3 nitrogen and oxygen atoms in total. The number of nitrogens with one attached hydrogen (secondary N) is 1. The molecule has 0 aromatic heterocycles. The summed E-state index contributed by atoms with van der Waals surface area (Å²) in [5.41, 5.74) is 1.08. The van der Waals surface area contributed by atoms with E-state index >= 15 is 0 Å². The molecule has 0 aliphatic rings. The Labute approximate surface area is 120 Å². The summed E-state index contributed by atoms with van der Waals surface area (Å²) < 4.78 is 10.7. The van der Waals surface area contributed by atoms with Gasteiger partial charge in [-0.3, -0.25) is 0 Å². The molecule has 19 heavy (non-hydrogen) atoms. The van der Waals surface area contributed by atoms with Gasteiger partial charge < -0.3 is 14.8 Å². The average molecular weight is 284 g/mol. The molecule has 0 fully saturated rings. The van der Waals surface area contributed by atoms with Crippen LogP contribution in [-0.4, -0.2) is 33.4 Å². The zero-order valence-corrected chi connectivity index (χ0v) is 12.2. The summed E-state index contributed by atoms with van der Waals surface area (Å²) in [7, 11) is 1.70. The van der Waals surface area contributed by atoms with Gasteiger partial charge in [-0.2, -0.15) is 0 Å². The maximum atomic E-state index is 5.97. The molecule has 1 rings (SSSR count). The van der Waals surface area contributed by atoms with E-state index < -0.39 is 0 Å². The van der Waals surface area contributed by atoms with E-state index in [1.54, 1.807) is 7.11 Å². The molecule has 0 atom stereocenters. The van der Waals surface area contributed by atoms with E-state index in [2.05, 4.69) is 11.9 Å². The lowest BCUT2D eigenvalue weighted by atomic mass is 10.1. The van der Waals surface area contributed by atoms with Crippen molar-refractivity contribution in [2.24, 2.45) is 0 Å². The highest BCUT2D eigenvalue weighted by molar-refractivity contribution is 6.30. The molecule has 0 heterocycles. The molecule has 0 aliphatic carbocycles. The highest BCUT2D eigenvalue weighted by Crippen LogP contribution is 2.23. The monoisotopic (exact) mass is 283 g/mol. The van der Waals surface area contributed by atoms with Crippen LogP contribution in [0, 0.1) is 0 Å². The van der Waals surface area contributed by atoms with Crippen molar-refractivity contribution >= 4 is 11.6 Å². The van der Waals surface area contributed by atoms with Gasteiger partial charge >= 0.3 is 0 Å². The van der Waals surface area contributed by atoms with Gasteiger partial charge in [0.25, 0.3) is 0 Å². The fraction of sp³-hybridized carbons (Fsp3) is 0.467. The van der Waals surface area contributed by atoms with E-state index in [0.29, 0.717) is 6.61 Å². The van der Waals surface area contributed by atoms with Gasteiger partial charge in [-0.25, -0.2) is 0 Å². The van der Waals surface area contributed by atoms with E-state index in [1.807, 2.05) is 24.3 Å². The molecule has 0 unspecified atom stereocenters. The maximum Gasteiger partial charge on any atom is 0.122 e. The second kappa shape index (κ2) is 9.84. The molecule has 0 saturated carbocycles. The van der Waals surface area contributed by atoms with Crippen LogP contribution in [0.1, 0.15) is 12.0 Å². The number of rotatable bonds is 10. The van der Waals surface area contributed by atoms with Crippen molar-refractivity contribution < 1.29 is 9.47 Å². The quantitative estimate of drug-likeness (QED) is 0.529. The first kappa shape index (κ1) is 16.0. The second-order valence-electron chi connectivity index (χ2n) is 4.19. The van der Waals surface area contributed by atoms with Crippen molar-refractivity contribution in [3.8, 4) is 5.75 Å². The van der Waals surface area contributed by atoms with Crippen LogP contribution in [0.4, 0.5) is 0 Å². The fourth-order valence-electron chi connectivity index (χ4n) is 1.68. The molecule has 1 N–H and O–H groups in total. The van der Waals surface area contributed by atoms with Gasteiger partial charge in [-0.1, -0.05) is 17.7 Å². The Bertz CT molecular complexity index is 382. The minimum Gasteiger partial charge on any atom is -0.493 e. The normalized spacial score (nSPS) is 10.4. The van der Waals surface area contributed by atoms with Crippen LogP contribution < -0.4 is 10.1 Å². The summed E-state index contributed by atoms with van der Waals surface area (Å²) in [6.45, 7) is 6.97. The van der Waals surface area contributed by atoms with Gasteiger partial charge in [0.2, 0.25) is 0 Å². The molecule has 0 amide bonds. The minimum absolute atomic E-state index is 0.686. The van der Waals surface area contributed by atoms with Crippen molar-refractivity contribution in [3.63, 3.8) is 0 Å². The van der Waals surface area contributed by atoms with E-state index in [-0.39, 0.29) is 0 Å². The molecule has 0 aliphatic heterocycles. The van der Waals surface area contributed by atoms with E-state index in [0.717, 1.165) is 48.9 Å². The standard InChI is InChI=1S/C15H22ClNO2/c1-3-5-13-12-14(16)6-7-15(13)19-10-4-8-17-9-11-18-2/h3,6-7,12,17H,1,4-5,8-11H2,2H3. The minimum atomic E-state index is 0.686. The van der Waals surface area contributed by atoms with E-state index in [1.165, 1.54) is 0 Å². The molecule has 0 bridgehead atoms. The second-order valence-corrected chi connectivity index (χ2v) is 4.63. The van der Waals surface area contributed by atoms with Crippen LogP contribution in [0.2, 0.25) is 5.02 Å². The molecule has 4 heteroatoms. The number of ether oxygens (including phenoxy) is 2. The Morgan fingerprint density at radius 2 is 2.16 bits per heavy atom. The first-order valence-corrected chi connectivity index (χ1v) is 6.87. The Hall–Kier alpha value is -1.03. The summed E-state index contributed by atoms with van der Waals surface area (Å²) >= 11 is 5.97. The van der Waals surface area contributed by atoms with Crippen LogP contribution >= 0.6 is 11.6 Å². The van der Waals surface area contributed by atoms with Crippen LogP contribution in [0.3, 0.4) is 0 Å². The number of hydrogen-bond acceptors (Lipinski definition) is 3. The molecule has 0 spiro atoms. The number of allylic oxidation sites excluding steroid dienone is 1. The Morgan fingerprint density at radius 3 is 2.89 bits per heavy atom. The number of methoxy groups -OCH3 is 1. The predicted octanol–water partition coefficient (Wildman–Crippen LogP) is 3.07. The molecule has 1 aromatic carbocycles. The summed E-state index contributed by atoms with van der Waals surface area (Å²) in [5, 5.41) is 4.01.